The van der Waals surface area contributed by atoms with Crippen LogP contribution in [-0.2, 0) is 0 Å². The van der Waals surface area contributed by atoms with Crippen LogP contribution < -0.4 is 4.90 Å². The third-order valence-electron chi connectivity index (χ3n) is 3.67. The molecule has 17 heavy (non-hydrogen) atoms. The number of nitriles is 1. The van der Waals surface area contributed by atoms with Crippen molar-refractivity contribution in [1.29, 1.82) is 5.26 Å². The maximum Gasteiger partial charge on any atom is 0.101 e. The SMILES string of the molecule is CN(c1cnccc1C#N)C1CCCCCC1. The van der Waals surface area contributed by atoms with E-state index in [1.165, 1.54) is 38.5 Å². The average Bonchev–Trinajstić information content (AvgIpc) is 2.66. The molecule has 0 unspecified atom stereocenters. The lowest BCUT2D eigenvalue weighted by atomic mass is 10.1. The van der Waals surface area contributed by atoms with Crippen LogP contribution in [0.25, 0.3) is 0 Å². The molecule has 1 heterocycles. The average molecular weight is 229 g/mol. The second kappa shape index (κ2) is 5.67. The van der Waals surface area contributed by atoms with Crippen molar-refractivity contribution in [3.05, 3.63) is 24.0 Å². The fourth-order valence-corrected chi connectivity index (χ4v) is 2.60. The van der Waals surface area contributed by atoms with Gasteiger partial charge in [0.05, 0.1) is 17.4 Å². The van der Waals surface area contributed by atoms with Crippen molar-refractivity contribution in [1.82, 2.24) is 4.98 Å². The van der Waals surface area contributed by atoms with Gasteiger partial charge in [0.25, 0.3) is 0 Å². The molecule has 0 N–H and O–H groups in total. The Kier molecular flexibility index (Phi) is 3.98. The molecule has 2 rings (SSSR count). The van der Waals surface area contributed by atoms with Gasteiger partial charge in [-0.3, -0.25) is 4.98 Å². The lowest BCUT2D eigenvalue weighted by molar-refractivity contribution is 0.552. The normalized spacial score (nSPS) is 17.2. The van der Waals surface area contributed by atoms with Crippen LogP contribution in [0.5, 0.6) is 0 Å². The summed E-state index contributed by atoms with van der Waals surface area (Å²) in [7, 11) is 2.09. The van der Waals surface area contributed by atoms with Gasteiger partial charge in [-0.15, -0.1) is 0 Å². The van der Waals surface area contributed by atoms with Crippen LogP contribution in [0.15, 0.2) is 18.5 Å². The minimum atomic E-state index is 0.564. The second-order valence-corrected chi connectivity index (χ2v) is 4.76. The molecule has 0 radical (unpaired) electrons. The molecule has 1 fully saturated rings. The van der Waals surface area contributed by atoms with Gasteiger partial charge < -0.3 is 4.90 Å². The van der Waals surface area contributed by atoms with Gasteiger partial charge in [-0.05, 0) is 18.9 Å². The summed E-state index contributed by atoms with van der Waals surface area (Å²) in [4.78, 5) is 6.39. The Morgan fingerprint density at radius 1 is 1.29 bits per heavy atom. The smallest absolute Gasteiger partial charge is 0.101 e. The first-order chi connectivity index (χ1) is 8.33. The molecule has 1 aromatic heterocycles. The number of nitrogens with zero attached hydrogens (tertiary/aromatic N) is 3. The Bertz CT molecular complexity index is 400. The first-order valence-corrected chi connectivity index (χ1v) is 6.40. The number of hydrogen-bond acceptors (Lipinski definition) is 3. The van der Waals surface area contributed by atoms with Crippen molar-refractivity contribution in [2.75, 3.05) is 11.9 Å². The van der Waals surface area contributed by atoms with Crippen molar-refractivity contribution >= 4 is 5.69 Å². The van der Waals surface area contributed by atoms with E-state index in [9.17, 15) is 0 Å². The Morgan fingerprint density at radius 2 is 2.00 bits per heavy atom. The molecule has 1 aliphatic rings. The summed E-state index contributed by atoms with van der Waals surface area (Å²) in [5, 5.41) is 9.12. The van der Waals surface area contributed by atoms with E-state index in [4.69, 9.17) is 5.26 Å². The van der Waals surface area contributed by atoms with E-state index >= 15 is 0 Å². The summed E-state index contributed by atoms with van der Waals surface area (Å²) < 4.78 is 0. The van der Waals surface area contributed by atoms with E-state index in [1.807, 2.05) is 6.20 Å². The van der Waals surface area contributed by atoms with Crippen LogP contribution in [0.2, 0.25) is 0 Å². The molecular formula is C14H19N3. The summed E-state index contributed by atoms with van der Waals surface area (Å²) in [6.45, 7) is 0. The van der Waals surface area contributed by atoms with Crippen LogP contribution in [0.3, 0.4) is 0 Å². The van der Waals surface area contributed by atoms with Crippen LogP contribution >= 0.6 is 0 Å². The lowest BCUT2D eigenvalue weighted by Gasteiger charge is -2.29. The number of anilines is 1. The highest BCUT2D eigenvalue weighted by Gasteiger charge is 2.19. The zero-order valence-electron chi connectivity index (χ0n) is 10.4. The molecule has 1 aromatic rings. The van der Waals surface area contributed by atoms with E-state index < -0.39 is 0 Å². The van der Waals surface area contributed by atoms with Gasteiger partial charge in [-0.25, -0.2) is 0 Å². The van der Waals surface area contributed by atoms with Gasteiger partial charge in [-0.2, -0.15) is 5.26 Å². The van der Waals surface area contributed by atoms with E-state index in [1.54, 1.807) is 12.3 Å². The van der Waals surface area contributed by atoms with Crippen molar-refractivity contribution in [2.45, 2.75) is 44.6 Å². The van der Waals surface area contributed by atoms with Crippen molar-refractivity contribution in [3.8, 4) is 6.07 Å². The van der Waals surface area contributed by atoms with Gasteiger partial charge in [0, 0.05) is 19.3 Å². The third kappa shape index (κ3) is 2.76. The topological polar surface area (TPSA) is 39.9 Å². The quantitative estimate of drug-likeness (QED) is 0.731. The Labute approximate surface area is 103 Å². The molecule has 0 aromatic carbocycles. The molecule has 3 heteroatoms. The molecule has 90 valence electrons. The van der Waals surface area contributed by atoms with Gasteiger partial charge in [-0.1, -0.05) is 25.7 Å². The van der Waals surface area contributed by atoms with E-state index in [0.29, 0.717) is 6.04 Å². The predicted octanol–water partition coefficient (Wildman–Crippen LogP) is 3.11. The summed E-state index contributed by atoms with van der Waals surface area (Å²) in [5.41, 5.74) is 1.70. The van der Waals surface area contributed by atoms with Crippen molar-refractivity contribution in [3.63, 3.8) is 0 Å². The third-order valence-corrected chi connectivity index (χ3v) is 3.67. The van der Waals surface area contributed by atoms with Crippen LogP contribution in [0.4, 0.5) is 5.69 Å². The Morgan fingerprint density at radius 3 is 2.65 bits per heavy atom. The molecule has 0 amide bonds. The van der Waals surface area contributed by atoms with E-state index in [-0.39, 0.29) is 0 Å². The highest BCUT2D eigenvalue weighted by Crippen LogP contribution is 2.26. The molecule has 1 saturated carbocycles. The van der Waals surface area contributed by atoms with Crippen LogP contribution in [0, 0.1) is 11.3 Å². The zero-order valence-corrected chi connectivity index (χ0v) is 10.4. The highest BCUT2D eigenvalue weighted by atomic mass is 15.1. The maximum absolute atomic E-state index is 9.12. The Balaban J connectivity index is 2.17. The van der Waals surface area contributed by atoms with Crippen molar-refractivity contribution in [2.24, 2.45) is 0 Å². The van der Waals surface area contributed by atoms with Crippen LogP contribution in [0.1, 0.15) is 44.1 Å². The molecular weight excluding hydrogens is 210 g/mol. The van der Waals surface area contributed by atoms with E-state index in [2.05, 4.69) is 23.0 Å². The van der Waals surface area contributed by atoms with Gasteiger partial charge in [0.2, 0.25) is 0 Å². The summed E-state index contributed by atoms with van der Waals surface area (Å²) in [6, 6.07) is 4.61. The zero-order chi connectivity index (χ0) is 12.1. The molecule has 0 aliphatic heterocycles. The second-order valence-electron chi connectivity index (χ2n) is 4.76. The largest absolute Gasteiger partial charge is 0.369 e. The first-order valence-electron chi connectivity index (χ1n) is 6.40. The van der Waals surface area contributed by atoms with Gasteiger partial charge in [0.15, 0.2) is 0 Å². The number of aromatic nitrogens is 1. The molecule has 3 nitrogen and oxygen atoms in total. The molecule has 0 atom stereocenters. The highest BCUT2D eigenvalue weighted by molar-refractivity contribution is 5.57. The standard InChI is InChI=1S/C14H19N3/c1-17(13-6-4-2-3-5-7-13)14-11-16-9-8-12(14)10-15/h8-9,11,13H,2-7H2,1H3. The van der Waals surface area contributed by atoms with Crippen LogP contribution in [-0.4, -0.2) is 18.1 Å². The molecule has 0 spiro atoms. The number of hydrogen-bond donors (Lipinski definition) is 0. The van der Waals surface area contributed by atoms with Gasteiger partial charge >= 0.3 is 0 Å². The first kappa shape index (κ1) is 11.9. The monoisotopic (exact) mass is 229 g/mol. The van der Waals surface area contributed by atoms with E-state index in [0.717, 1.165) is 11.3 Å². The maximum atomic E-state index is 9.12. The summed E-state index contributed by atoms with van der Waals surface area (Å²) >= 11 is 0. The minimum absolute atomic E-state index is 0.564. The molecule has 0 saturated heterocycles. The summed E-state index contributed by atoms with van der Waals surface area (Å²) in [5.74, 6) is 0. The fraction of sp³-hybridized carbons (Fsp3) is 0.571. The Hall–Kier alpha value is -1.56. The number of rotatable bonds is 2. The summed E-state index contributed by atoms with van der Waals surface area (Å²) in [6.07, 6.45) is 11.3. The molecule has 1 aliphatic carbocycles. The minimum Gasteiger partial charge on any atom is -0.369 e. The van der Waals surface area contributed by atoms with Gasteiger partial charge in [0.1, 0.15) is 6.07 Å². The van der Waals surface area contributed by atoms with Crippen molar-refractivity contribution < 1.29 is 0 Å². The molecule has 0 bridgehead atoms. The fourth-order valence-electron chi connectivity index (χ4n) is 2.60. The predicted molar refractivity (Wildman–Crippen MR) is 68.8 cm³/mol. The number of pyridine rings is 1. The lowest BCUT2D eigenvalue weighted by Crippen LogP contribution is -2.31.